The Morgan fingerprint density at radius 2 is 1.36 bits per heavy atom. The molecular weight excluding hydrogens is 548 g/mol. The fourth-order valence-corrected chi connectivity index (χ4v) is 4.79. The Labute approximate surface area is 249 Å². The number of ether oxygens (including phenoxy) is 2. The summed E-state index contributed by atoms with van der Waals surface area (Å²) in [4.78, 5) is 73.7. The van der Waals surface area contributed by atoms with Crippen molar-refractivity contribution in [1.29, 1.82) is 0 Å². The Hall–Kier alpha value is -3.22. The van der Waals surface area contributed by atoms with Crippen molar-refractivity contribution >= 4 is 35.6 Å². The lowest BCUT2D eigenvalue weighted by molar-refractivity contribution is -0.148. The first-order valence-electron chi connectivity index (χ1n) is 14.5. The summed E-state index contributed by atoms with van der Waals surface area (Å²) in [6.45, 7) is 15.2. The van der Waals surface area contributed by atoms with Crippen LogP contribution in [0.4, 0.5) is 0 Å². The molecule has 0 aliphatic carbocycles. The zero-order valence-electron chi connectivity index (χ0n) is 26.5. The molecule has 0 radical (unpaired) electrons. The number of aliphatic carboxylic acids is 1. The van der Waals surface area contributed by atoms with Gasteiger partial charge in [-0.1, -0.05) is 34.6 Å². The molecule has 0 heterocycles. The number of carboxylic acids is 1. The quantitative estimate of drug-likeness (QED) is 0.136. The number of esters is 2. The van der Waals surface area contributed by atoms with E-state index in [-0.39, 0.29) is 68.5 Å². The third-order valence-corrected chi connectivity index (χ3v) is 6.20. The van der Waals surface area contributed by atoms with Crippen LogP contribution < -0.4 is 21.7 Å². The van der Waals surface area contributed by atoms with Gasteiger partial charge in [-0.2, -0.15) is 0 Å². The van der Waals surface area contributed by atoms with Crippen molar-refractivity contribution < 1.29 is 43.3 Å². The van der Waals surface area contributed by atoms with Gasteiger partial charge in [0.1, 0.15) is 24.2 Å². The van der Waals surface area contributed by atoms with E-state index < -0.39 is 53.9 Å². The predicted octanol–water partition coefficient (Wildman–Crippen LogP) is 1.80. The summed E-state index contributed by atoms with van der Waals surface area (Å²) in [6, 6.07) is -4.27. The molecule has 0 saturated carbocycles. The molecule has 13 nitrogen and oxygen atoms in total. The smallest absolute Gasteiger partial charge is 0.328 e. The molecule has 0 aliphatic rings. The lowest BCUT2D eigenvalue weighted by Gasteiger charge is -2.32. The zero-order valence-corrected chi connectivity index (χ0v) is 26.5. The van der Waals surface area contributed by atoms with Crippen molar-refractivity contribution in [2.45, 2.75) is 125 Å². The van der Waals surface area contributed by atoms with Gasteiger partial charge in [-0.05, 0) is 63.7 Å². The highest BCUT2D eigenvalue weighted by molar-refractivity contribution is 5.91. The topological polar surface area (TPSA) is 203 Å². The molecule has 4 atom stereocenters. The summed E-state index contributed by atoms with van der Waals surface area (Å²) in [7, 11) is 0. The minimum atomic E-state index is -1.27. The molecule has 42 heavy (non-hydrogen) atoms. The van der Waals surface area contributed by atoms with Gasteiger partial charge in [0.25, 0.3) is 0 Å². The number of nitrogens with one attached hydrogen (secondary N) is 3. The van der Waals surface area contributed by atoms with Gasteiger partial charge in [-0.15, -0.1) is 0 Å². The van der Waals surface area contributed by atoms with E-state index in [0.29, 0.717) is 0 Å². The fraction of sp³-hybridized carbons (Fsp3) is 0.793. The van der Waals surface area contributed by atoms with E-state index in [9.17, 15) is 33.9 Å². The molecule has 3 amide bonds. The lowest BCUT2D eigenvalue weighted by Crippen LogP contribution is -2.51. The van der Waals surface area contributed by atoms with Crippen LogP contribution in [-0.2, 0) is 38.2 Å². The molecule has 4 unspecified atom stereocenters. The van der Waals surface area contributed by atoms with Gasteiger partial charge in [-0.3, -0.25) is 19.2 Å². The number of carbonyl (C=O) groups excluding carboxylic acids is 5. The van der Waals surface area contributed by atoms with Crippen LogP contribution in [0, 0.1) is 10.8 Å². The number of rotatable bonds is 19. The number of hydrogen-bond donors (Lipinski definition) is 5. The summed E-state index contributed by atoms with van der Waals surface area (Å²) >= 11 is 0. The second-order valence-electron chi connectivity index (χ2n) is 12.5. The summed E-state index contributed by atoms with van der Waals surface area (Å²) in [5.74, 6) is -4.19. The molecule has 0 saturated heterocycles. The first-order valence-corrected chi connectivity index (χ1v) is 14.5. The van der Waals surface area contributed by atoms with E-state index in [2.05, 4.69) is 36.7 Å². The van der Waals surface area contributed by atoms with E-state index in [0.717, 1.165) is 6.42 Å². The number of amides is 3. The van der Waals surface area contributed by atoms with Crippen molar-refractivity contribution in [3.8, 4) is 0 Å². The van der Waals surface area contributed by atoms with Crippen LogP contribution in [0.5, 0.6) is 0 Å². The molecule has 242 valence electrons. The first-order chi connectivity index (χ1) is 19.3. The SMILES string of the molecule is CCOC(=O)C(N)CCCC(NC(=O)CCC(NC(=O)C(C)NC(=O)CC(C)(C)CC(C)(C)C)C(=O)OCC)C(=O)O. The van der Waals surface area contributed by atoms with Crippen LogP contribution in [0.1, 0.15) is 100 Å². The average Bonchev–Trinajstić information content (AvgIpc) is 2.83. The molecule has 0 rings (SSSR count). The second-order valence-corrected chi connectivity index (χ2v) is 12.5. The van der Waals surface area contributed by atoms with Crippen LogP contribution in [0.2, 0.25) is 0 Å². The molecule has 0 bridgehead atoms. The van der Waals surface area contributed by atoms with Gasteiger partial charge in [0.2, 0.25) is 17.7 Å². The Morgan fingerprint density at radius 3 is 1.88 bits per heavy atom. The maximum absolute atomic E-state index is 12.8. The third kappa shape index (κ3) is 16.9. The van der Waals surface area contributed by atoms with Crippen LogP contribution >= 0.6 is 0 Å². The molecule has 0 aromatic rings. The third-order valence-electron chi connectivity index (χ3n) is 6.20. The summed E-state index contributed by atoms with van der Waals surface area (Å²) in [5.41, 5.74) is 5.46. The number of hydrogen-bond acceptors (Lipinski definition) is 9. The molecule has 13 heteroatoms. The van der Waals surface area contributed by atoms with E-state index in [1.165, 1.54) is 6.92 Å². The van der Waals surface area contributed by atoms with Crippen molar-refractivity contribution in [1.82, 2.24) is 16.0 Å². The number of carboxylic acid groups (broad SMARTS) is 1. The highest BCUT2D eigenvalue weighted by atomic mass is 16.5. The van der Waals surface area contributed by atoms with Gasteiger partial charge < -0.3 is 36.3 Å². The number of nitrogens with two attached hydrogens (primary N) is 1. The minimum Gasteiger partial charge on any atom is -0.480 e. The Kier molecular flexibility index (Phi) is 16.9. The van der Waals surface area contributed by atoms with Crippen LogP contribution in [0.15, 0.2) is 0 Å². The van der Waals surface area contributed by atoms with Crippen molar-refractivity contribution in [2.24, 2.45) is 16.6 Å². The zero-order chi connectivity index (χ0) is 32.7. The molecule has 0 aromatic carbocycles. The van der Waals surface area contributed by atoms with Crippen LogP contribution in [0.25, 0.3) is 0 Å². The van der Waals surface area contributed by atoms with Crippen LogP contribution in [-0.4, -0.2) is 78.1 Å². The molecular formula is C29H52N4O9. The highest BCUT2D eigenvalue weighted by Gasteiger charge is 2.31. The van der Waals surface area contributed by atoms with Gasteiger partial charge >= 0.3 is 17.9 Å². The molecule has 0 aliphatic heterocycles. The summed E-state index contributed by atoms with van der Waals surface area (Å²) < 4.78 is 9.85. The van der Waals surface area contributed by atoms with Gasteiger partial charge in [0.05, 0.1) is 13.2 Å². The highest BCUT2D eigenvalue weighted by Crippen LogP contribution is 2.35. The van der Waals surface area contributed by atoms with Crippen molar-refractivity contribution in [3.05, 3.63) is 0 Å². The maximum atomic E-state index is 12.8. The Morgan fingerprint density at radius 1 is 0.786 bits per heavy atom. The molecule has 0 spiro atoms. The standard InChI is InChI=1S/C29H52N4O9/c1-9-41-26(39)19(30)12-11-13-20(25(37)38)32-22(34)15-14-21(27(40)42-10-2)33-24(36)18(3)31-23(35)16-29(7,8)17-28(4,5)6/h18-21H,9-17,30H2,1-8H3,(H,31,35)(H,32,34)(H,33,36)(H,37,38). The largest absolute Gasteiger partial charge is 0.480 e. The lowest BCUT2D eigenvalue weighted by atomic mass is 9.74. The fourth-order valence-electron chi connectivity index (χ4n) is 4.79. The van der Waals surface area contributed by atoms with Crippen LogP contribution in [0.3, 0.4) is 0 Å². The maximum Gasteiger partial charge on any atom is 0.328 e. The van der Waals surface area contributed by atoms with Gasteiger partial charge in [0.15, 0.2) is 0 Å². The van der Waals surface area contributed by atoms with E-state index in [1.54, 1.807) is 13.8 Å². The van der Waals surface area contributed by atoms with Gasteiger partial charge in [-0.25, -0.2) is 9.59 Å². The predicted molar refractivity (Wildman–Crippen MR) is 156 cm³/mol. The van der Waals surface area contributed by atoms with E-state index in [1.807, 2.05) is 13.8 Å². The normalized spacial score (nSPS) is 14.5. The molecule has 0 aromatic heterocycles. The Balaban J connectivity index is 5.07. The average molecular weight is 601 g/mol. The van der Waals surface area contributed by atoms with E-state index in [4.69, 9.17) is 15.2 Å². The Bertz CT molecular complexity index is 931. The van der Waals surface area contributed by atoms with Crippen molar-refractivity contribution in [3.63, 3.8) is 0 Å². The summed E-state index contributed by atoms with van der Waals surface area (Å²) in [6.07, 6.45) is 1.02. The molecule has 6 N–H and O–H groups in total. The van der Waals surface area contributed by atoms with E-state index >= 15 is 0 Å². The first kappa shape index (κ1) is 38.8. The van der Waals surface area contributed by atoms with Crippen molar-refractivity contribution in [2.75, 3.05) is 13.2 Å². The summed E-state index contributed by atoms with van der Waals surface area (Å²) in [5, 5.41) is 17.1. The monoisotopic (exact) mass is 600 g/mol. The number of carbonyl (C=O) groups is 6. The minimum absolute atomic E-state index is 0.0219. The molecule has 0 fully saturated rings. The van der Waals surface area contributed by atoms with Gasteiger partial charge in [0, 0.05) is 12.8 Å². The second kappa shape index (κ2) is 18.3.